The highest BCUT2D eigenvalue weighted by atomic mass is 19.4. The van der Waals surface area contributed by atoms with E-state index in [1.165, 1.54) is 23.7 Å². The van der Waals surface area contributed by atoms with Crippen molar-refractivity contribution in [1.82, 2.24) is 15.0 Å². The van der Waals surface area contributed by atoms with Gasteiger partial charge in [-0.1, -0.05) is 16.8 Å². The first-order chi connectivity index (χ1) is 8.86. The van der Waals surface area contributed by atoms with Crippen molar-refractivity contribution in [3.8, 4) is 5.75 Å². The molecule has 0 fully saturated rings. The highest BCUT2D eigenvalue weighted by Crippen LogP contribution is 2.18. The molecule has 0 bridgehead atoms. The molecule has 0 aliphatic rings. The average molecular weight is 270 g/mol. The maximum atomic E-state index is 12.6. The zero-order valence-electron chi connectivity index (χ0n) is 10.5. The minimum absolute atomic E-state index is 0.157. The van der Waals surface area contributed by atoms with Crippen LogP contribution in [0.15, 0.2) is 24.4 Å². The molecule has 0 saturated carbocycles. The van der Waals surface area contributed by atoms with Crippen LogP contribution in [-0.4, -0.2) is 22.0 Å². The van der Waals surface area contributed by atoms with E-state index in [1.807, 2.05) is 0 Å². The average Bonchev–Trinajstić information content (AvgIpc) is 2.71. The summed E-state index contributed by atoms with van der Waals surface area (Å²) >= 11 is 0. The van der Waals surface area contributed by atoms with Gasteiger partial charge < -0.3 is 17.7 Å². The third-order valence-corrected chi connectivity index (χ3v) is 2.63. The quantitative estimate of drug-likeness (QED) is 0.795. The lowest BCUT2D eigenvalue weighted by molar-refractivity contribution is 0.301. The normalized spacial score (nSPS) is 11.6. The second kappa shape index (κ2) is 4.95. The van der Waals surface area contributed by atoms with E-state index in [-0.39, 0.29) is 12.2 Å². The Hall–Kier alpha value is -1.99. The molecule has 0 aliphatic carbocycles. The van der Waals surface area contributed by atoms with Gasteiger partial charge in [-0.3, -0.25) is 4.68 Å². The summed E-state index contributed by atoms with van der Waals surface area (Å²) in [6.07, 6.45) is 1.68. The Morgan fingerprint density at radius 3 is 2.58 bits per heavy atom. The number of hydrogen-bond donors (Lipinski definition) is 0. The standard InChI is InChI=1S/C11H12BF3N3O/c1-8-5-10(3-4-11(8)12(13,14)15)19-7-9-6-18(2)17-16-9/h3-6H,7H2,1-2H3/q-1. The number of hydrogen-bond acceptors (Lipinski definition) is 3. The lowest BCUT2D eigenvalue weighted by Crippen LogP contribution is -2.35. The van der Waals surface area contributed by atoms with E-state index in [4.69, 9.17) is 4.74 Å². The summed E-state index contributed by atoms with van der Waals surface area (Å²) < 4.78 is 44.8. The van der Waals surface area contributed by atoms with Crippen LogP contribution < -0.4 is 10.2 Å². The molecule has 0 saturated heterocycles. The molecule has 1 heterocycles. The lowest BCUT2D eigenvalue weighted by Gasteiger charge is -2.18. The molecule has 0 radical (unpaired) electrons. The number of aromatic nitrogens is 3. The Labute approximate surface area is 108 Å². The van der Waals surface area contributed by atoms with Gasteiger partial charge in [-0.05, 0) is 19.1 Å². The van der Waals surface area contributed by atoms with Crippen LogP contribution in [0.3, 0.4) is 0 Å². The second-order valence-electron chi connectivity index (χ2n) is 4.27. The topological polar surface area (TPSA) is 39.9 Å². The predicted octanol–water partition coefficient (Wildman–Crippen LogP) is 1.76. The molecule has 0 amide bonds. The molecule has 1 aromatic heterocycles. The SMILES string of the molecule is Cc1cc(OCc2cn(C)nn2)ccc1[B-](F)(F)F. The first-order valence-electron chi connectivity index (χ1n) is 5.65. The van der Waals surface area contributed by atoms with Crippen molar-refractivity contribution in [1.29, 1.82) is 0 Å². The maximum Gasteiger partial charge on any atom is 0.509 e. The Bertz CT molecular complexity index is 583. The van der Waals surface area contributed by atoms with Crippen LogP contribution >= 0.6 is 0 Å². The number of rotatable bonds is 4. The molecule has 0 spiro atoms. The van der Waals surface area contributed by atoms with Gasteiger partial charge >= 0.3 is 6.98 Å². The predicted molar refractivity (Wildman–Crippen MR) is 65.2 cm³/mol. The summed E-state index contributed by atoms with van der Waals surface area (Å²) in [4.78, 5) is 0. The van der Waals surface area contributed by atoms with Gasteiger partial charge in [0.2, 0.25) is 0 Å². The molecule has 19 heavy (non-hydrogen) atoms. The van der Waals surface area contributed by atoms with Gasteiger partial charge in [0, 0.05) is 7.05 Å². The number of aryl methyl sites for hydroxylation is 2. The number of ether oxygens (including phenoxy) is 1. The molecule has 4 nitrogen and oxygen atoms in total. The largest absolute Gasteiger partial charge is 0.509 e. The smallest absolute Gasteiger partial charge is 0.487 e. The van der Waals surface area contributed by atoms with E-state index >= 15 is 0 Å². The second-order valence-corrected chi connectivity index (χ2v) is 4.27. The van der Waals surface area contributed by atoms with Crippen LogP contribution in [0.5, 0.6) is 5.75 Å². The lowest BCUT2D eigenvalue weighted by atomic mass is 9.77. The first kappa shape index (κ1) is 13.4. The van der Waals surface area contributed by atoms with E-state index in [9.17, 15) is 12.9 Å². The number of halogens is 3. The molecule has 0 unspecified atom stereocenters. The summed E-state index contributed by atoms with van der Waals surface area (Å²) in [6, 6.07) is 3.73. The fraction of sp³-hybridized carbons (Fsp3) is 0.273. The van der Waals surface area contributed by atoms with E-state index in [2.05, 4.69) is 10.3 Å². The van der Waals surface area contributed by atoms with E-state index in [0.717, 1.165) is 6.07 Å². The maximum absolute atomic E-state index is 12.6. The van der Waals surface area contributed by atoms with Crippen LogP contribution in [0.2, 0.25) is 0 Å². The van der Waals surface area contributed by atoms with Gasteiger partial charge in [0.1, 0.15) is 18.1 Å². The molecular weight excluding hydrogens is 258 g/mol. The molecule has 0 atom stereocenters. The van der Waals surface area contributed by atoms with Gasteiger partial charge in [-0.25, -0.2) is 0 Å². The van der Waals surface area contributed by atoms with Crippen LogP contribution in [0.4, 0.5) is 12.9 Å². The van der Waals surface area contributed by atoms with E-state index < -0.39 is 12.4 Å². The van der Waals surface area contributed by atoms with Crippen LogP contribution in [0.1, 0.15) is 11.3 Å². The Kier molecular flexibility index (Phi) is 3.50. The Morgan fingerprint density at radius 2 is 2.05 bits per heavy atom. The Balaban J connectivity index is 2.08. The Morgan fingerprint density at radius 1 is 1.32 bits per heavy atom. The first-order valence-corrected chi connectivity index (χ1v) is 5.65. The van der Waals surface area contributed by atoms with Crippen molar-refractivity contribution in [3.63, 3.8) is 0 Å². The zero-order chi connectivity index (χ0) is 14.0. The monoisotopic (exact) mass is 270 g/mol. The van der Waals surface area contributed by atoms with Gasteiger partial charge in [0.05, 0.1) is 6.20 Å². The molecular formula is C11H12BF3N3O-. The fourth-order valence-electron chi connectivity index (χ4n) is 1.72. The van der Waals surface area contributed by atoms with Crippen molar-refractivity contribution < 1.29 is 17.7 Å². The van der Waals surface area contributed by atoms with Crippen LogP contribution in [0.25, 0.3) is 0 Å². The minimum Gasteiger partial charge on any atom is -0.487 e. The number of nitrogens with zero attached hydrogens (tertiary/aromatic N) is 3. The van der Waals surface area contributed by atoms with E-state index in [0.29, 0.717) is 11.4 Å². The summed E-state index contributed by atoms with van der Waals surface area (Å²) in [7, 11) is 1.72. The van der Waals surface area contributed by atoms with Crippen molar-refractivity contribution in [2.24, 2.45) is 7.05 Å². The highest BCUT2D eigenvalue weighted by molar-refractivity contribution is 6.74. The highest BCUT2D eigenvalue weighted by Gasteiger charge is 2.27. The van der Waals surface area contributed by atoms with Gasteiger partial charge in [-0.15, -0.1) is 10.6 Å². The third-order valence-electron chi connectivity index (χ3n) is 2.63. The molecule has 0 N–H and O–H groups in total. The fourth-order valence-corrected chi connectivity index (χ4v) is 1.72. The van der Waals surface area contributed by atoms with Crippen molar-refractivity contribution >= 4 is 12.4 Å². The van der Waals surface area contributed by atoms with Gasteiger partial charge in [0.25, 0.3) is 0 Å². The van der Waals surface area contributed by atoms with Gasteiger partial charge in [-0.2, -0.15) is 0 Å². The summed E-state index contributed by atoms with van der Waals surface area (Å²) in [5.74, 6) is 0.381. The molecule has 0 aliphatic heterocycles. The molecule has 102 valence electrons. The third kappa shape index (κ3) is 3.27. The van der Waals surface area contributed by atoms with Crippen molar-refractivity contribution in [3.05, 3.63) is 35.7 Å². The van der Waals surface area contributed by atoms with E-state index in [1.54, 1.807) is 13.2 Å². The van der Waals surface area contributed by atoms with Crippen LogP contribution in [-0.2, 0) is 13.7 Å². The summed E-state index contributed by atoms with van der Waals surface area (Å²) in [5.41, 5.74) is 0.181. The van der Waals surface area contributed by atoms with Gasteiger partial charge in [0.15, 0.2) is 0 Å². The molecule has 8 heteroatoms. The van der Waals surface area contributed by atoms with Crippen LogP contribution in [0, 0.1) is 6.92 Å². The number of benzene rings is 1. The minimum atomic E-state index is -4.98. The van der Waals surface area contributed by atoms with Crippen molar-refractivity contribution in [2.75, 3.05) is 0 Å². The molecule has 2 rings (SSSR count). The van der Waals surface area contributed by atoms with Crippen molar-refractivity contribution in [2.45, 2.75) is 13.5 Å². The summed E-state index contributed by atoms with van der Waals surface area (Å²) in [6.45, 7) is -3.39. The molecule has 2 aromatic rings. The summed E-state index contributed by atoms with van der Waals surface area (Å²) in [5, 5.41) is 7.55. The molecule has 1 aromatic carbocycles. The zero-order valence-corrected chi connectivity index (χ0v) is 10.5.